The number of ether oxygens (including phenoxy) is 1. The number of pyridine rings is 1. The lowest BCUT2D eigenvalue weighted by atomic mass is 9.98. The second-order valence-electron chi connectivity index (χ2n) is 7.00. The third kappa shape index (κ3) is 1.50. The quantitative estimate of drug-likeness (QED) is 0.816. The summed E-state index contributed by atoms with van der Waals surface area (Å²) in [5, 5.41) is 3.88. The molecule has 2 aromatic rings. The van der Waals surface area contributed by atoms with E-state index in [0.29, 0.717) is 22.6 Å². The minimum absolute atomic E-state index is 0.115. The van der Waals surface area contributed by atoms with Crippen molar-refractivity contribution >= 4 is 32.8 Å². The first-order valence-corrected chi connectivity index (χ1v) is 8.74. The first-order chi connectivity index (χ1) is 11.2. The van der Waals surface area contributed by atoms with Gasteiger partial charge in [-0.2, -0.15) is 0 Å². The molecule has 0 amide bonds. The Kier molecular flexibility index (Phi) is 2.04. The molecule has 2 saturated heterocycles. The summed E-state index contributed by atoms with van der Waals surface area (Å²) in [6.07, 6.45) is 2.58. The molecule has 7 nitrogen and oxygen atoms in total. The van der Waals surface area contributed by atoms with Crippen molar-refractivity contribution in [1.82, 2.24) is 14.9 Å². The van der Waals surface area contributed by atoms with E-state index in [4.69, 9.17) is 4.74 Å². The second kappa shape index (κ2) is 3.76. The van der Waals surface area contributed by atoms with Crippen LogP contribution in [0.1, 0.15) is 12.8 Å². The molecular weight excluding hydrogens is 314 g/mol. The summed E-state index contributed by atoms with van der Waals surface area (Å²) in [6, 6.07) is 3.78. The Bertz CT molecular complexity index is 935. The molecule has 118 valence electrons. The van der Waals surface area contributed by atoms with E-state index < -0.39 is 0 Å². The van der Waals surface area contributed by atoms with Gasteiger partial charge >= 0.3 is 0 Å². The Labute approximate surface area is 135 Å². The van der Waals surface area contributed by atoms with Crippen LogP contribution in [0.2, 0.25) is 0 Å². The standard InChI is InChI=1S/C15H15N5O2S/c21-10-2-1-8-11(18-10)23-13(17-8)19-12-16-6-15(22-12)7-20-4-3-14(20)5-9(14)15/h1-2,9H,3-7H2,(H,18,21)(H,16,17,19). The fourth-order valence-electron chi connectivity index (χ4n) is 4.60. The van der Waals surface area contributed by atoms with Crippen molar-refractivity contribution < 1.29 is 4.74 Å². The molecule has 5 heterocycles. The van der Waals surface area contributed by atoms with Gasteiger partial charge in [0.1, 0.15) is 15.9 Å². The van der Waals surface area contributed by atoms with Crippen molar-refractivity contribution in [2.24, 2.45) is 10.9 Å². The molecule has 3 atom stereocenters. The maximum absolute atomic E-state index is 11.4. The lowest BCUT2D eigenvalue weighted by Gasteiger charge is -2.39. The molecule has 3 fully saturated rings. The molecule has 0 aromatic carbocycles. The number of aromatic amines is 1. The number of nitrogens with one attached hydrogen (secondary N) is 2. The zero-order valence-corrected chi connectivity index (χ0v) is 13.2. The van der Waals surface area contributed by atoms with Gasteiger partial charge in [-0.05, 0) is 18.9 Å². The number of aromatic nitrogens is 2. The average molecular weight is 329 g/mol. The lowest BCUT2D eigenvalue weighted by Crippen LogP contribution is -2.49. The molecule has 2 spiro atoms. The van der Waals surface area contributed by atoms with Crippen molar-refractivity contribution in [3.05, 3.63) is 22.5 Å². The summed E-state index contributed by atoms with van der Waals surface area (Å²) < 4.78 is 6.26. The number of thiazole rings is 1. The van der Waals surface area contributed by atoms with E-state index in [2.05, 4.69) is 25.2 Å². The van der Waals surface area contributed by atoms with Gasteiger partial charge in [0.15, 0.2) is 5.13 Å². The number of H-pyrrole nitrogens is 1. The normalized spacial score (nSPS) is 37.2. The lowest BCUT2D eigenvalue weighted by molar-refractivity contribution is 0.0433. The summed E-state index contributed by atoms with van der Waals surface area (Å²) >= 11 is 1.40. The Morgan fingerprint density at radius 2 is 2.43 bits per heavy atom. The van der Waals surface area contributed by atoms with Gasteiger partial charge in [0.2, 0.25) is 5.56 Å². The molecule has 1 saturated carbocycles. The van der Waals surface area contributed by atoms with E-state index in [1.807, 2.05) is 0 Å². The Morgan fingerprint density at radius 3 is 3.17 bits per heavy atom. The van der Waals surface area contributed by atoms with E-state index in [1.165, 1.54) is 36.8 Å². The zero-order chi connectivity index (χ0) is 15.2. The first-order valence-electron chi connectivity index (χ1n) is 7.92. The second-order valence-corrected chi connectivity index (χ2v) is 8.00. The molecule has 0 radical (unpaired) electrons. The van der Waals surface area contributed by atoms with Crippen LogP contribution < -0.4 is 10.9 Å². The number of hydrogen-bond acceptors (Lipinski definition) is 7. The third-order valence-corrected chi connectivity index (χ3v) is 6.77. The topological polar surface area (TPSA) is 82.6 Å². The monoisotopic (exact) mass is 329 g/mol. The highest BCUT2D eigenvalue weighted by molar-refractivity contribution is 7.21. The Balaban J connectivity index is 1.25. The highest BCUT2D eigenvalue weighted by atomic mass is 32.1. The fourth-order valence-corrected chi connectivity index (χ4v) is 5.45. The molecule has 6 rings (SSSR count). The van der Waals surface area contributed by atoms with Gasteiger partial charge in [-0.1, -0.05) is 11.3 Å². The van der Waals surface area contributed by atoms with Crippen LogP contribution in [0.25, 0.3) is 10.3 Å². The van der Waals surface area contributed by atoms with Gasteiger partial charge in [0.25, 0.3) is 6.02 Å². The van der Waals surface area contributed by atoms with E-state index in [1.54, 1.807) is 6.07 Å². The minimum atomic E-state index is -0.121. The number of aliphatic imine (C=N–C) groups is 1. The first kappa shape index (κ1) is 12.5. The van der Waals surface area contributed by atoms with Crippen LogP contribution in [0.3, 0.4) is 0 Å². The number of anilines is 1. The molecule has 4 aliphatic rings. The van der Waals surface area contributed by atoms with Crippen LogP contribution >= 0.6 is 11.3 Å². The zero-order valence-electron chi connectivity index (χ0n) is 12.3. The van der Waals surface area contributed by atoms with Gasteiger partial charge in [0.05, 0.1) is 6.54 Å². The minimum Gasteiger partial charge on any atom is -0.455 e. The van der Waals surface area contributed by atoms with E-state index in [-0.39, 0.29) is 11.2 Å². The Hall–Kier alpha value is -1.93. The molecule has 3 aliphatic heterocycles. The van der Waals surface area contributed by atoms with Gasteiger partial charge < -0.3 is 9.72 Å². The van der Waals surface area contributed by atoms with E-state index in [0.717, 1.165) is 23.4 Å². The van der Waals surface area contributed by atoms with Crippen molar-refractivity contribution in [3.8, 4) is 0 Å². The molecule has 2 N–H and O–H groups in total. The predicted molar refractivity (Wildman–Crippen MR) is 87.0 cm³/mol. The largest absolute Gasteiger partial charge is 0.455 e. The number of piperidine rings is 1. The smallest absolute Gasteiger partial charge is 0.291 e. The SMILES string of the molecule is O=c1ccc2nc(NC3=NCC4(CN5CCC56CC46)O3)sc2[nH]1. The van der Waals surface area contributed by atoms with Gasteiger partial charge in [-0.3, -0.25) is 15.0 Å². The average Bonchev–Trinajstić information content (AvgIpc) is 2.97. The van der Waals surface area contributed by atoms with Crippen LogP contribution in [0.5, 0.6) is 0 Å². The fraction of sp³-hybridized carbons (Fsp3) is 0.533. The van der Waals surface area contributed by atoms with Crippen LogP contribution in [-0.4, -0.2) is 51.7 Å². The molecule has 2 aromatic heterocycles. The van der Waals surface area contributed by atoms with Crippen LogP contribution in [0, 0.1) is 5.92 Å². The summed E-state index contributed by atoms with van der Waals surface area (Å²) in [7, 11) is 0. The van der Waals surface area contributed by atoms with Crippen molar-refractivity contribution in [3.63, 3.8) is 0 Å². The predicted octanol–water partition coefficient (Wildman–Crippen LogP) is 0.999. The van der Waals surface area contributed by atoms with Gasteiger partial charge in [-0.15, -0.1) is 0 Å². The van der Waals surface area contributed by atoms with E-state index in [9.17, 15) is 4.79 Å². The molecule has 1 aliphatic carbocycles. The molecule has 8 heteroatoms. The molecular formula is C15H15N5O2S. The number of nitrogens with zero attached hydrogens (tertiary/aromatic N) is 3. The van der Waals surface area contributed by atoms with Crippen molar-refractivity contribution in [2.45, 2.75) is 24.0 Å². The van der Waals surface area contributed by atoms with Gasteiger partial charge in [0, 0.05) is 30.6 Å². The molecule has 23 heavy (non-hydrogen) atoms. The summed E-state index contributed by atoms with van der Waals surface area (Å²) in [5.74, 6) is 0.638. The number of rotatable bonds is 1. The van der Waals surface area contributed by atoms with Crippen LogP contribution in [-0.2, 0) is 4.74 Å². The maximum Gasteiger partial charge on any atom is 0.291 e. The third-order valence-electron chi connectivity index (χ3n) is 5.87. The van der Waals surface area contributed by atoms with Crippen molar-refractivity contribution in [2.75, 3.05) is 25.0 Å². The number of amidine groups is 1. The van der Waals surface area contributed by atoms with Gasteiger partial charge in [-0.25, -0.2) is 9.98 Å². The molecule has 3 unspecified atom stereocenters. The molecule has 0 bridgehead atoms. The highest BCUT2D eigenvalue weighted by Gasteiger charge is 2.77. The maximum atomic E-state index is 11.4. The Morgan fingerprint density at radius 1 is 1.48 bits per heavy atom. The summed E-state index contributed by atoms with van der Waals surface area (Å²) in [5.41, 5.74) is 0.997. The van der Waals surface area contributed by atoms with Crippen molar-refractivity contribution in [1.29, 1.82) is 0 Å². The van der Waals surface area contributed by atoms with Crippen LogP contribution in [0.4, 0.5) is 5.13 Å². The van der Waals surface area contributed by atoms with Crippen LogP contribution in [0.15, 0.2) is 21.9 Å². The number of fused-ring (bicyclic) bond motifs is 2. The summed E-state index contributed by atoms with van der Waals surface area (Å²) in [4.78, 5) is 26.5. The van der Waals surface area contributed by atoms with E-state index >= 15 is 0 Å². The highest BCUT2D eigenvalue weighted by Crippen LogP contribution is 2.67. The summed E-state index contributed by atoms with van der Waals surface area (Å²) in [6.45, 7) is 2.94. The number of hydrogen-bond donors (Lipinski definition) is 2.